The van der Waals surface area contributed by atoms with E-state index in [1.54, 1.807) is 48.4 Å². The van der Waals surface area contributed by atoms with Gasteiger partial charge in [-0.2, -0.15) is 0 Å². The number of amides is 1. The first-order valence-electron chi connectivity index (χ1n) is 6.45. The highest BCUT2D eigenvalue weighted by atomic mass is 16.5. The monoisotopic (exact) mass is 275 g/mol. The van der Waals surface area contributed by atoms with Crippen molar-refractivity contribution in [3.05, 3.63) is 55.1 Å². The van der Waals surface area contributed by atoms with Crippen LogP contribution in [0.25, 0.3) is 0 Å². The normalized spacial score (nSPS) is 9.85. The van der Waals surface area contributed by atoms with E-state index < -0.39 is 0 Å². The molecule has 108 valence electrons. The summed E-state index contributed by atoms with van der Waals surface area (Å²) in [4.78, 5) is 13.9. The molecule has 20 heavy (non-hydrogen) atoms. The van der Waals surface area contributed by atoms with E-state index in [-0.39, 0.29) is 5.91 Å². The second-order valence-corrected chi connectivity index (χ2v) is 4.15. The average molecular weight is 275 g/mol. The number of ether oxygens (including phenoxy) is 2. The van der Waals surface area contributed by atoms with E-state index in [0.29, 0.717) is 31.9 Å². The summed E-state index contributed by atoms with van der Waals surface area (Å²) in [6, 6.07) is 7.07. The van der Waals surface area contributed by atoms with Gasteiger partial charge in [0.05, 0.1) is 6.61 Å². The third-order valence-electron chi connectivity index (χ3n) is 2.64. The Hall–Kier alpha value is -2.07. The minimum atomic E-state index is -0.0479. The molecule has 0 aliphatic heterocycles. The van der Waals surface area contributed by atoms with E-state index >= 15 is 0 Å². The first kappa shape index (κ1) is 16.0. The van der Waals surface area contributed by atoms with Gasteiger partial charge in [0, 0.05) is 25.8 Å². The Morgan fingerprint density at radius 2 is 1.75 bits per heavy atom. The first-order valence-corrected chi connectivity index (χ1v) is 6.45. The minimum absolute atomic E-state index is 0.0479. The number of rotatable bonds is 9. The smallest absolute Gasteiger partial charge is 0.254 e. The summed E-state index contributed by atoms with van der Waals surface area (Å²) >= 11 is 0. The van der Waals surface area contributed by atoms with Crippen LogP contribution in [0.3, 0.4) is 0 Å². The van der Waals surface area contributed by atoms with Gasteiger partial charge in [0.2, 0.25) is 0 Å². The minimum Gasteiger partial charge on any atom is -0.491 e. The van der Waals surface area contributed by atoms with Crippen molar-refractivity contribution >= 4 is 5.91 Å². The van der Waals surface area contributed by atoms with Crippen LogP contribution < -0.4 is 4.74 Å². The number of hydrogen-bond acceptors (Lipinski definition) is 3. The van der Waals surface area contributed by atoms with Gasteiger partial charge in [0.15, 0.2) is 0 Å². The van der Waals surface area contributed by atoms with E-state index in [4.69, 9.17) is 9.47 Å². The van der Waals surface area contributed by atoms with Crippen molar-refractivity contribution in [1.82, 2.24) is 4.90 Å². The summed E-state index contributed by atoms with van der Waals surface area (Å²) in [6.07, 6.45) is 3.40. The lowest BCUT2D eigenvalue weighted by Crippen LogP contribution is -2.31. The Morgan fingerprint density at radius 3 is 2.25 bits per heavy atom. The quantitative estimate of drug-likeness (QED) is 0.513. The maximum absolute atomic E-state index is 12.3. The predicted molar refractivity (Wildman–Crippen MR) is 80.1 cm³/mol. The van der Waals surface area contributed by atoms with Crippen LogP contribution in [0.2, 0.25) is 0 Å². The van der Waals surface area contributed by atoms with Crippen LogP contribution in [0.1, 0.15) is 10.4 Å². The van der Waals surface area contributed by atoms with Gasteiger partial charge in [-0.05, 0) is 24.3 Å². The maximum atomic E-state index is 12.3. The van der Waals surface area contributed by atoms with Crippen molar-refractivity contribution in [2.24, 2.45) is 0 Å². The molecule has 0 N–H and O–H groups in total. The third kappa shape index (κ3) is 4.90. The fourth-order valence-corrected chi connectivity index (χ4v) is 1.67. The van der Waals surface area contributed by atoms with E-state index in [9.17, 15) is 4.79 Å². The molecule has 0 aliphatic carbocycles. The molecule has 0 unspecified atom stereocenters. The first-order chi connectivity index (χ1) is 9.72. The van der Waals surface area contributed by atoms with Crippen LogP contribution in [0.5, 0.6) is 5.75 Å². The van der Waals surface area contributed by atoms with E-state index in [2.05, 4.69) is 13.2 Å². The molecule has 1 rings (SSSR count). The van der Waals surface area contributed by atoms with Gasteiger partial charge in [-0.1, -0.05) is 12.2 Å². The predicted octanol–water partition coefficient (Wildman–Crippen LogP) is 2.53. The van der Waals surface area contributed by atoms with E-state index in [0.717, 1.165) is 5.75 Å². The van der Waals surface area contributed by atoms with Crippen LogP contribution in [-0.2, 0) is 4.74 Å². The molecule has 0 saturated heterocycles. The fourth-order valence-electron chi connectivity index (χ4n) is 1.67. The molecule has 1 aromatic carbocycles. The zero-order valence-electron chi connectivity index (χ0n) is 11.9. The van der Waals surface area contributed by atoms with Crippen molar-refractivity contribution in [1.29, 1.82) is 0 Å². The van der Waals surface area contributed by atoms with Gasteiger partial charge < -0.3 is 14.4 Å². The van der Waals surface area contributed by atoms with Crippen molar-refractivity contribution in [2.45, 2.75) is 0 Å². The lowest BCUT2D eigenvalue weighted by molar-refractivity contribution is 0.0790. The SMILES string of the molecule is C=CCN(CC=C)C(=O)c1ccc(OCCOC)cc1. The van der Waals surface area contributed by atoms with Gasteiger partial charge in [0.25, 0.3) is 5.91 Å². The van der Waals surface area contributed by atoms with Crippen LogP contribution in [-0.4, -0.2) is 44.2 Å². The molecule has 4 heteroatoms. The summed E-state index contributed by atoms with van der Waals surface area (Å²) in [5, 5.41) is 0. The van der Waals surface area contributed by atoms with Gasteiger partial charge in [-0.25, -0.2) is 0 Å². The Kier molecular flexibility index (Phi) is 7.14. The molecule has 0 saturated carbocycles. The molecule has 1 aromatic rings. The molecular weight excluding hydrogens is 254 g/mol. The largest absolute Gasteiger partial charge is 0.491 e. The summed E-state index contributed by atoms with van der Waals surface area (Å²) < 4.78 is 10.4. The highest BCUT2D eigenvalue weighted by Gasteiger charge is 2.13. The molecule has 0 aliphatic rings. The molecule has 0 spiro atoms. The summed E-state index contributed by atoms with van der Waals surface area (Å²) in [7, 11) is 1.62. The molecule has 1 amide bonds. The number of carbonyl (C=O) groups excluding carboxylic acids is 1. The van der Waals surface area contributed by atoms with Crippen molar-refractivity contribution in [2.75, 3.05) is 33.4 Å². The molecule has 0 bridgehead atoms. The Morgan fingerprint density at radius 1 is 1.15 bits per heavy atom. The van der Waals surface area contributed by atoms with Crippen LogP contribution in [0.4, 0.5) is 0 Å². The maximum Gasteiger partial charge on any atom is 0.254 e. The second-order valence-electron chi connectivity index (χ2n) is 4.15. The third-order valence-corrected chi connectivity index (χ3v) is 2.64. The lowest BCUT2D eigenvalue weighted by Gasteiger charge is -2.19. The molecule has 0 atom stereocenters. The van der Waals surface area contributed by atoms with Gasteiger partial charge in [-0.3, -0.25) is 4.79 Å². The molecular formula is C16H21NO3. The number of hydrogen-bond donors (Lipinski definition) is 0. The zero-order valence-corrected chi connectivity index (χ0v) is 11.9. The average Bonchev–Trinajstić information content (AvgIpc) is 2.47. The standard InChI is InChI=1S/C16H21NO3/c1-4-10-17(11-5-2)16(18)14-6-8-15(9-7-14)20-13-12-19-3/h4-9H,1-2,10-13H2,3H3. The summed E-state index contributed by atoms with van der Waals surface area (Å²) in [5.41, 5.74) is 0.618. The topological polar surface area (TPSA) is 38.8 Å². The number of methoxy groups -OCH3 is 1. The highest BCUT2D eigenvalue weighted by molar-refractivity contribution is 5.94. The second kappa shape index (κ2) is 8.93. The van der Waals surface area contributed by atoms with Gasteiger partial charge >= 0.3 is 0 Å². The Bertz CT molecular complexity index is 430. The van der Waals surface area contributed by atoms with Crippen LogP contribution in [0.15, 0.2) is 49.6 Å². The van der Waals surface area contributed by atoms with E-state index in [1.165, 1.54) is 0 Å². The zero-order chi connectivity index (χ0) is 14.8. The molecule has 0 radical (unpaired) electrons. The molecule has 4 nitrogen and oxygen atoms in total. The Labute approximate surface area is 120 Å². The summed E-state index contributed by atoms with van der Waals surface area (Å²) in [5.74, 6) is 0.672. The summed E-state index contributed by atoms with van der Waals surface area (Å²) in [6.45, 7) is 9.33. The van der Waals surface area contributed by atoms with Crippen molar-refractivity contribution in [3.8, 4) is 5.75 Å². The van der Waals surface area contributed by atoms with Crippen molar-refractivity contribution < 1.29 is 14.3 Å². The lowest BCUT2D eigenvalue weighted by atomic mass is 10.2. The number of carbonyl (C=O) groups is 1. The van der Waals surface area contributed by atoms with Crippen molar-refractivity contribution in [3.63, 3.8) is 0 Å². The molecule has 0 heterocycles. The van der Waals surface area contributed by atoms with Crippen LogP contribution >= 0.6 is 0 Å². The number of benzene rings is 1. The number of nitrogens with zero attached hydrogens (tertiary/aromatic N) is 1. The molecule has 0 fully saturated rings. The Balaban J connectivity index is 2.68. The molecule has 0 aromatic heterocycles. The van der Waals surface area contributed by atoms with E-state index in [1.807, 2.05) is 0 Å². The highest BCUT2D eigenvalue weighted by Crippen LogP contribution is 2.14. The fraction of sp³-hybridized carbons (Fsp3) is 0.312. The van der Waals surface area contributed by atoms with Crippen LogP contribution in [0, 0.1) is 0 Å². The van der Waals surface area contributed by atoms with Gasteiger partial charge in [-0.15, -0.1) is 13.2 Å². The van der Waals surface area contributed by atoms with Gasteiger partial charge in [0.1, 0.15) is 12.4 Å².